The second-order valence-corrected chi connectivity index (χ2v) is 4.97. The van der Waals surface area contributed by atoms with Crippen LogP contribution in [0.25, 0.3) is 0 Å². The van der Waals surface area contributed by atoms with Gasteiger partial charge in [-0.2, -0.15) is 0 Å². The van der Waals surface area contributed by atoms with Gasteiger partial charge in [-0.3, -0.25) is 0 Å². The smallest absolute Gasteiger partial charge is 0.177 e. The second-order valence-electron chi connectivity index (χ2n) is 4.97. The van der Waals surface area contributed by atoms with Crippen LogP contribution in [0.15, 0.2) is 34.7 Å². The van der Waals surface area contributed by atoms with Crippen molar-refractivity contribution in [3.63, 3.8) is 0 Å². The van der Waals surface area contributed by atoms with E-state index >= 15 is 0 Å². The van der Waals surface area contributed by atoms with Gasteiger partial charge < -0.3 is 0 Å². The molecule has 0 aliphatic heterocycles. The fourth-order valence-electron chi connectivity index (χ4n) is 2.41. The summed E-state index contributed by atoms with van der Waals surface area (Å²) in [7, 11) is 0. The third-order valence-corrected chi connectivity index (χ3v) is 3.67. The van der Waals surface area contributed by atoms with Gasteiger partial charge in [-0.05, 0) is 49.7 Å². The SMILES string of the molecule is CC1=C(F)C(F)C(=C2CCC(C)CC2)C=C1. The molecule has 2 heteroatoms. The maximum Gasteiger partial charge on any atom is 0.177 e. The summed E-state index contributed by atoms with van der Waals surface area (Å²) in [5, 5.41) is 0. The molecule has 88 valence electrons. The Hall–Kier alpha value is -0.920. The monoisotopic (exact) mass is 224 g/mol. The fourth-order valence-corrected chi connectivity index (χ4v) is 2.41. The van der Waals surface area contributed by atoms with E-state index in [1.165, 1.54) is 0 Å². The lowest BCUT2D eigenvalue weighted by Gasteiger charge is -2.25. The largest absolute Gasteiger partial charge is 0.234 e. The van der Waals surface area contributed by atoms with E-state index in [4.69, 9.17) is 0 Å². The highest BCUT2D eigenvalue weighted by molar-refractivity contribution is 5.44. The third-order valence-electron chi connectivity index (χ3n) is 3.67. The van der Waals surface area contributed by atoms with Crippen molar-refractivity contribution in [2.45, 2.75) is 45.7 Å². The minimum Gasteiger partial charge on any atom is -0.234 e. The lowest BCUT2D eigenvalue weighted by molar-refractivity contribution is 0.357. The average molecular weight is 224 g/mol. The molecule has 0 bridgehead atoms. The molecule has 0 aromatic heterocycles. The van der Waals surface area contributed by atoms with Gasteiger partial charge >= 0.3 is 0 Å². The van der Waals surface area contributed by atoms with Crippen LogP contribution in [0.3, 0.4) is 0 Å². The van der Waals surface area contributed by atoms with Crippen LogP contribution in [0.1, 0.15) is 39.5 Å². The van der Waals surface area contributed by atoms with Gasteiger partial charge in [-0.15, -0.1) is 0 Å². The first-order valence-corrected chi connectivity index (χ1v) is 6.00. The highest BCUT2D eigenvalue weighted by Crippen LogP contribution is 2.36. The molecular weight excluding hydrogens is 206 g/mol. The fraction of sp³-hybridized carbons (Fsp3) is 0.571. The molecule has 0 radical (unpaired) electrons. The molecule has 0 heterocycles. The maximum absolute atomic E-state index is 13.8. The number of alkyl halides is 1. The zero-order valence-electron chi connectivity index (χ0n) is 9.89. The van der Waals surface area contributed by atoms with Crippen molar-refractivity contribution in [1.82, 2.24) is 0 Å². The second kappa shape index (κ2) is 4.52. The van der Waals surface area contributed by atoms with Gasteiger partial charge in [-0.1, -0.05) is 24.6 Å². The minimum absolute atomic E-state index is 0.418. The van der Waals surface area contributed by atoms with Gasteiger partial charge in [0.25, 0.3) is 0 Å². The number of hydrogen-bond donors (Lipinski definition) is 0. The third kappa shape index (κ3) is 2.11. The molecule has 2 rings (SSSR count). The lowest BCUT2D eigenvalue weighted by atomic mass is 9.82. The number of hydrogen-bond acceptors (Lipinski definition) is 0. The van der Waals surface area contributed by atoms with E-state index in [1.807, 2.05) is 0 Å². The van der Waals surface area contributed by atoms with E-state index in [1.54, 1.807) is 19.1 Å². The molecule has 0 spiro atoms. The molecule has 16 heavy (non-hydrogen) atoms. The van der Waals surface area contributed by atoms with Crippen LogP contribution in [0.2, 0.25) is 0 Å². The van der Waals surface area contributed by atoms with Gasteiger partial charge in [0.15, 0.2) is 6.17 Å². The van der Waals surface area contributed by atoms with Crippen LogP contribution in [0, 0.1) is 5.92 Å². The Labute approximate surface area is 95.7 Å². The highest BCUT2D eigenvalue weighted by Gasteiger charge is 2.26. The van der Waals surface area contributed by atoms with Crippen LogP contribution in [-0.2, 0) is 0 Å². The van der Waals surface area contributed by atoms with E-state index in [-0.39, 0.29) is 0 Å². The normalized spacial score (nSPS) is 31.2. The maximum atomic E-state index is 13.8. The molecule has 0 aromatic carbocycles. The summed E-state index contributed by atoms with van der Waals surface area (Å²) in [4.78, 5) is 0. The minimum atomic E-state index is -1.52. The first-order chi connectivity index (χ1) is 7.59. The van der Waals surface area contributed by atoms with E-state index in [0.717, 1.165) is 37.2 Å². The van der Waals surface area contributed by atoms with Crippen LogP contribution in [0.4, 0.5) is 8.78 Å². The molecule has 2 aliphatic rings. The summed E-state index contributed by atoms with van der Waals surface area (Å²) in [6.45, 7) is 3.83. The Morgan fingerprint density at radius 1 is 1.19 bits per heavy atom. The molecule has 1 atom stereocenters. The van der Waals surface area contributed by atoms with Crippen molar-refractivity contribution in [3.8, 4) is 0 Å². The number of allylic oxidation sites excluding steroid dienone is 6. The summed E-state index contributed by atoms with van der Waals surface area (Å²) in [6.07, 6.45) is 5.97. The van der Waals surface area contributed by atoms with E-state index in [9.17, 15) is 8.78 Å². The molecule has 1 saturated carbocycles. The van der Waals surface area contributed by atoms with Crippen molar-refractivity contribution in [1.29, 1.82) is 0 Å². The average Bonchev–Trinajstić information content (AvgIpc) is 2.28. The van der Waals surface area contributed by atoms with Gasteiger partial charge in [-0.25, -0.2) is 8.78 Å². The van der Waals surface area contributed by atoms with Crippen LogP contribution < -0.4 is 0 Å². The van der Waals surface area contributed by atoms with Gasteiger partial charge in [0, 0.05) is 0 Å². The topological polar surface area (TPSA) is 0 Å². The zero-order chi connectivity index (χ0) is 11.7. The Kier molecular flexibility index (Phi) is 3.27. The summed E-state index contributed by atoms with van der Waals surface area (Å²) >= 11 is 0. The summed E-state index contributed by atoms with van der Waals surface area (Å²) in [5.41, 5.74) is 2.11. The summed E-state index contributed by atoms with van der Waals surface area (Å²) in [5.74, 6) is 0.112. The summed E-state index contributed by atoms with van der Waals surface area (Å²) in [6, 6.07) is 0. The molecule has 1 unspecified atom stereocenters. The Bertz CT molecular complexity index is 364. The molecule has 0 nitrogen and oxygen atoms in total. The van der Waals surface area contributed by atoms with Crippen molar-refractivity contribution in [3.05, 3.63) is 34.7 Å². The van der Waals surface area contributed by atoms with Crippen LogP contribution in [0.5, 0.6) is 0 Å². The van der Waals surface area contributed by atoms with Crippen LogP contribution in [-0.4, -0.2) is 6.17 Å². The molecule has 0 aromatic rings. The molecule has 0 amide bonds. The summed E-state index contributed by atoms with van der Waals surface area (Å²) < 4.78 is 27.3. The number of rotatable bonds is 0. The van der Waals surface area contributed by atoms with E-state index < -0.39 is 12.0 Å². The van der Waals surface area contributed by atoms with Gasteiger partial charge in [0.05, 0.1) is 0 Å². The van der Waals surface area contributed by atoms with E-state index in [2.05, 4.69) is 6.92 Å². The molecule has 0 saturated heterocycles. The van der Waals surface area contributed by atoms with Crippen molar-refractivity contribution in [2.24, 2.45) is 5.92 Å². The standard InChI is InChI=1S/C14H18F2/c1-9-3-6-11(7-4-9)12-8-5-10(2)13(15)14(12)16/h5,8-9,14H,3-4,6-7H2,1-2H3. The Morgan fingerprint density at radius 3 is 2.44 bits per heavy atom. The van der Waals surface area contributed by atoms with Gasteiger partial charge in [0.2, 0.25) is 0 Å². The first kappa shape index (κ1) is 11.6. The predicted molar refractivity (Wildman–Crippen MR) is 62.5 cm³/mol. The predicted octanol–water partition coefficient (Wildman–Crippen LogP) is 4.64. The first-order valence-electron chi connectivity index (χ1n) is 6.00. The van der Waals surface area contributed by atoms with Crippen molar-refractivity contribution < 1.29 is 8.78 Å². The molecular formula is C14H18F2. The lowest BCUT2D eigenvalue weighted by Crippen LogP contribution is -2.14. The van der Waals surface area contributed by atoms with Crippen LogP contribution >= 0.6 is 0 Å². The Balaban J connectivity index is 2.23. The quantitative estimate of drug-likeness (QED) is 0.562. The zero-order valence-corrected chi connectivity index (χ0v) is 9.89. The Morgan fingerprint density at radius 2 is 1.81 bits per heavy atom. The van der Waals surface area contributed by atoms with E-state index in [0.29, 0.717) is 11.1 Å². The van der Waals surface area contributed by atoms with Crippen molar-refractivity contribution >= 4 is 0 Å². The van der Waals surface area contributed by atoms with Gasteiger partial charge in [0.1, 0.15) is 5.83 Å². The molecule has 1 fully saturated rings. The highest BCUT2D eigenvalue weighted by atomic mass is 19.2. The molecule has 0 N–H and O–H groups in total. The van der Waals surface area contributed by atoms with Crippen molar-refractivity contribution in [2.75, 3.05) is 0 Å². The number of halogens is 2. The molecule has 2 aliphatic carbocycles.